The van der Waals surface area contributed by atoms with Gasteiger partial charge in [0.1, 0.15) is 6.61 Å². The summed E-state index contributed by atoms with van der Waals surface area (Å²) < 4.78 is 33.2. The summed E-state index contributed by atoms with van der Waals surface area (Å²) in [5.41, 5.74) is 5.41. The van der Waals surface area contributed by atoms with E-state index >= 15 is 0 Å². The van der Waals surface area contributed by atoms with E-state index in [2.05, 4.69) is 26.0 Å². The highest BCUT2D eigenvalue weighted by Gasteiger charge is 2.26. The second kappa shape index (κ2) is 70.8. The molecule has 500 valence electrons. The lowest BCUT2D eigenvalue weighted by atomic mass is 10.0. The minimum absolute atomic E-state index is 0.0583. The number of carbonyl (C=O) groups is 2. The van der Waals surface area contributed by atoms with Crippen LogP contribution in [-0.2, 0) is 32.7 Å². The zero-order valence-corrected chi connectivity index (χ0v) is 57.3. The van der Waals surface area contributed by atoms with Crippen molar-refractivity contribution in [2.24, 2.45) is 5.73 Å². The van der Waals surface area contributed by atoms with Crippen molar-refractivity contribution >= 4 is 19.8 Å². The number of rotatable bonds is 73. The molecule has 2 unspecified atom stereocenters. The number of phosphoric acid groups is 1. The molecule has 0 bridgehead atoms. The van der Waals surface area contributed by atoms with Crippen LogP contribution in [0.15, 0.2) is 12.2 Å². The number of carbonyl (C=O) groups excluding carboxylic acids is 2. The Morgan fingerprint density at radius 3 is 0.845 bits per heavy atom. The van der Waals surface area contributed by atoms with Gasteiger partial charge in [0.15, 0.2) is 6.10 Å². The first kappa shape index (κ1) is 82.8. The largest absolute Gasteiger partial charge is 0.472 e. The van der Waals surface area contributed by atoms with Crippen LogP contribution < -0.4 is 5.73 Å². The molecule has 0 aliphatic carbocycles. The second-order valence-electron chi connectivity index (χ2n) is 25.9. The lowest BCUT2D eigenvalue weighted by molar-refractivity contribution is -0.161. The molecule has 0 fully saturated rings. The van der Waals surface area contributed by atoms with Gasteiger partial charge in [0.05, 0.1) is 13.2 Å². The van der Waals surface area contributed by atoms with E-state index in [0.29, 0.717) is 6.42 Å². The Morgan fingerprint density at radius 1 is 0.345 bits per heavy atom. The third kappa shape index (κ3) is 69.8. The van der Waals surface area contributed by atoms with Gasteiger partial charge in [-0.25, -0.2) is 4.57 Å². The minimum atomic E-state index is -4.39. The maximum atomic E-state index is 12.8. The van der Waals surface area contributed by atoms with Gasteiger partial charge >= 0.3 is 19.8 Å². The van der Waals surface area contributed by atoms with Crippen LogP contribution in [-0.4, -0.2) is 49.3 Å². The number of unbranched alkanes of at least 4 members (excludes halogenated alkanes) is 58. The lowest BCUT2D eigenvalue weighted by Gasteiger charge is -2.19. The maximum Gasteiger partial charge on any atom is 0.472 e. The molecule has 10 heteroatoms. The third-order valence-electron chi connectivity index (χ3n) is 17.4. The standard InChI is InChI=1S/C74H146NO8P/c1-3-5-7-9-11-13-15-17-19-21-23-25-27-28-29-30-31-32-33-34-35-36-37-38-39-40-41-42-43-44-45-47-49-51-53-55-57-59-61-63-65-67-74(77)83-72(71-82-84(78,79)81-69-68-75)70-80-73(76)66-64-62-60-58-56-54-52-50-48-46-26-24-22-20-18-16-14-12-10-8-6-4-2/h21,23,72H,3-20,22,24-71,75H2,1-2H3,(H,78,79)/b23-21-. The van der Waals surface area contributed by atoms with Crippen LogP contribution in [0.2, 0.25) is 0 Å². The number of ether oxygens (including phenoxy) is 2. The number of phosphoric ester groups is 1. The molecule has 84 heavy (non-hydrogen) atoms. The molecular formula is C74H146NO8P. The van der Waals surface area contributed by atoms with E-state index in [-0.39, 0.29) is 38.6 Å². The molecule has 0 rings (SSSR count). The quantitative estimate of drug-likeness (QED) is 0.0264. The fourth-order valence-electron chi connectivity index (χ4n) is 11.8. The number of hydrogen-bond donors (Lipinski definition) is 2. The van der Waals surface area contributed by atoms with E-state index in [1.54, 1.807) is 0 Å². The highest BCUT2D eigenvalue weighted by atomic mass is 31.2. The Morgan fingerprint density at radius 2 is 0.583 bits per heavy atom. The van der Waals surface area contributed by atoms with E-state index in [4.69, 9.17) is 24.3 Å². The Hall–Kier alpha value is -1.25. The Balaban J connectivity index is 3.71. The molecule has 0 aliphatic heterocycles. The number of esters is 2. The molecule has 0 heterocycles. The molecule has 0 aliphatic rings. The molecule has 2 atom stereocenters. The van der Waals surface area contributed by atoms with Crippen molar-refractivity contribution in [3.8, 4) is 0 Å². The summed E-state index contributed by atoms with van der Waals surface area (Å²) in [6.45, 7) is 3.84. The van der Waals surface area contributed by atoms with Crippen molar-refractivity contribution in [3.63, 3.8) is 0 Å². The summed E-state index contributed by atoms with van der Waals surface area (Å²) in [4.78, 5) is 35.4. The average molecular weight is 1210 g/mol. The molecule has 0 spiro atoms. The first-order valence-corrected chi connectivity index (χ1v) is 39.2. The minimum Gasteiger partial charge on any atom is -0.462 e. The van der Waals surface area contributed by atoms with Crippen molar-refractivity contribution in [3.05, 3.63) is 12.2 Å². The van der Waals surface area contributed by atoms with Crippen molar-refractivity contribution in [2.75, 3.05) is 26.4 Å². The molecule has 0 saturated carbocycles. The average Bonchev–Trinajstić information content (AvgIpc) is 3.55. The Bertz CT molecular complexity index is 1380. The van der Waals surface area contributed by atoms with Crippen LogP contribution in [0.4, 0.5) is 0 Å². The van der Waals surface area contributed by atoms with Crippen LogP contribution in [0.5, 0.6) is 0 Å². The molecule has 3 N–H and O–H groups in total. The smallest absolute Gasteiger partial charge is 0.462 e. The van der Waals surface area contributed by atoms with Crippen molar-refractivity contribution < 1.29 is 37.6 Å². The first-order valence-electron chi connectivity index (χ1n) is 37.7. The van der Waals surface area contributed by atoms with Crippen LogP contribution in [0.3, 0.4) is 0 Å². The Labute approximate surface area is 523 Å². The second-order valence-corrected chi connectivity index (χ2v) is 27.3. The van der Waals surface area contributed by atoms with Gasteiger partial charge in [0, 0.05) is 19.4 Å². The summed E-state index contributed by atoms with van der Waals surface area (Å²) in [5, 5.41) is 0. The van der Waals surface area contributed by atoms with E-state index in [0.717, 1.165) is 32.1 Å². The zero-order valence-electron chi connectivity index (χ0n) is 56.4. The van der Waals surface area contributed by atoms with E-state index in [1.165, 1.54) is 353 Å². The van der Waals surface area contributed by atoms with Crippen molar-refractivity contribution in [2.45, 2.75) is 424 Å². The molecule has 0 aromatic heterocycles. The third-order valence-corrected chi connectivity index (χ3v) is 18.4. The van der Waals surface area contributed by atoms with Gasteiger partial charge in [-0.2, -0.15) is 0 Å². The summed E-state index contributed by atoms with van der Waals surface area (Å²) in [7, 11) is -4.39. The van der Waals surface area contributed by atoms with Crippen LogP contribution in [0, 0.1) is 0 Å². The van der Waals surface area contributed by atoms with Crippen molar-refractivity contribution in [1.29, 1.82) is 0 Å². The van der Waals surface area contributed by atoms with Gasteiger partial charge in [-0.3, -0.25) is 18.6 Å². The molecule has 0 amide bonds. The summed E-state index contributed by atoms with van der Waals surface area (Å²) in [5.74, 6) is -0.798. The Kier molecular flexibility index (Phi) is 69.8. The number of hydrogen-bond acceptors (Lipinski definition) is 8. The van der Waals surface area contributed by atoms with Gasteiger partial charge in [-0.05, 0) is 38.5 Å². The molecular weight excluding hydrogens is 1060 g/mol. The van der Waals surface area contributed by atoms with Gasteiger partial charge in [-0.1, -0.05) is 379 Å². The van der Waals surface area contributed by atoms with E-state index in [1.807, 2.05) is 0 Å². The fourth-order valence-corrected chi connectivity index (χ4v) is 12.6. The predicted molar refractivity (Wildman–Crippen MR) is 363 cm³/mol. The monoisotopic (exact) mass is 1210 g/mol. The van der Waals surface area contributed by atoms with Crippen LogP contribution >= 0.6 is 7.82 Å². The predicted octanol–water partition coefficient (Wildman–Crippen LogP) is 24.7. The molecule has 0 saturated heterocycles. The highest BCUT2D eigenvalue weighted by Crippen LogP contribution is 2.43. The zero-order chi connectivity index (χ0) is 60.9. The van der Waals surface area contributed by atoms with Crippen molar-refractivity contribution in [1.82, 2.24) is 0 Å². The first-order chi connectivity index (χ1) is 41.3. The maximum absolute atomic E-state index is 12.8. The summed E-state index contributed by atoms with van der Waals surface area (Å²) >= 11 is 0. The van der Waals surface area contributed by atoms with Crippen LogP contribution in [0.1, 0.15) is 418 Å². The molecule has 0 aromatic rings. The van der Waals surface area contributed by atoms with Gasteiger partial charge in [-0.15, -0.1) is 0 Å². The van der Waals surface area contributed by atoms with E-state index in [9.17, 15) is 19.0 Å². The number of allylic oxidation sites excluding steroid dienone is 2. The van der Waals surface area contributed by atoms with Gasteiger partial charge in [0.2, 0.25) is 0 Å². The van der Waals surface area contributed by atoms with Gasteiger partial charge < -0.3 is 20.1 Å². The normalized spacial score (nSPS) is 12.9. The highest BCUT2D eigenvalue weighted by molar-refractivity contribution is 7.47. The fraction of sp³-hybridized carbons (Fsp3) is 0.946. The molecule has 0 aromatic carbocycles. The summed E-state index contributed by atoms with van der Waals surface area (Å²) in [6, 6.07) is 0. The SMILES string of the molecule is CCCCCCCCCC/C=C\CCCCCCCCCCCCCCCCCCCCCCCCCCCCCCCC(=O)OC(COC(=O)CCCCCCCCCCCCCCCCCCCCCCCC)COP(=O)(O)OCCN. The molecule has 9 nitrogen and oxygen atoms in total. The van der Waals surface area contributed by atoms with Gasteiger partial charge in [0.25, 0.3) is 0 Å². The lowest BCUT2D eigenvalue weighted by Crippen LogP contribution is -2.29. The molecule has 0 radical (unpaired) electrons. The summed E-state index contributed by atoms with van der Waals surface area (Å²) in [6.07, 6.45) is 86.4. The van der Waals surface area contributed by atoms with Crippen LogP contribution in [0.25, 0.3) is 0 Å². The topological polar surface area (TPSA) is 134 Å². The number of nitrogens with two attached hydrogens (primary N) is 1. The van der Waals surface area contributed by atoms with E-state index < -0.39 is 26.5 Å².